The van der Waals surface area contributed by atoms with Crippen LogP contribution in [0.1, 0.15) is 52.9 Å². The first-order valence-electron chi connectivity index (χ1n) is 9.51. The molecule has 3 rings (SSSR count). The molecule has 0 aromatic rings. The molecule has 0 aromatic heterocycles. The minimum atomic E-state index is -1.06. The fourth-order valence-corrected chi connectivity index (χ4v) is 5.68. The average Bonchev–Trinajstić information content (AvgIpc) is 3.39. The summed E-state index contributed by atoms with van der Waals surface area (Å²) < 4.78 is 5.41. The smallest absolute Gasteiger partial charge is 0.146 e. The van der Waals surface area contributed by atoms with E-state index >= 15 is 0 Å². The fraction of sp³-hybridized carbons (Fsp3) is 0.850. The maximum Gasteiger partial charge on any atom is 0.146 e. The minimum Gasteiger partial charge on any atom is -0.394 e. The summed E-state index contributed by atoms with van der Waals surface area (Å²) in [5.74, 6) is 0.721. The molecule has 0 amide bonds. The van der Waals surface area contributed by atoms with Gasteiger partial charge in [-0.2, -0.15) is 0 Å². The summed E-state index contributed by atoms with van der Waals surface area (Å²) in [7, 11) is 0. The molecule has 7 atom stereocenters. The molecule has 0 aromatic carbocycles. The number of carbonyl (C=O) groups excluding carboxylic acids is 1. The molecule has 3 aliphatic rings. The number of epoxide rings is 1. The molecule has 1 heterocycles. The van der Waals surface area contributed by atoms with Gasteiger partial charge < -0.3 is 20.1 Å². The highest BCUT2D eigenvalue weighted by molar-refractivity contribution is 5.76. The Bertz CT molecular complexity index is 554. The van der Waals surface area contributed by atoms with Crippen molar-refractivity contribution in [1.82, 2.24) is 0 Å². The van der Waals surface area contributed by atoms with Gasteiger partial charge in [-0.25, -0.2) is 0 Å². The van der Waals surface area contributed by atoms with E-state index in [9.17, 15) is 20.1 Å². The van der Waals surface area contributed by atoms with Crippen LogP contribution < -0.4 is 0 Å². The van der Waals surface area contributed by atoms with Crippen LogP contribution in [0.15, 0.2) is 11.6 Å². The predicted octanol–water partition coefficient (Wildman–Crippen LogP) is 1.84. The molecule has 2 aliphatic carbocycles. The van der Waals surface area contributed by atoms with Crippen LogP contribution in [0, 0.1) is 22.7 Å². The van der Waals surface area contributed by atoms with E-state index in [1.165, 1.54) is 0 Å². The Morgan fingerprint density at radius 2 is 2.00 bits per heavy atom. The SMILES string of the molecule is C[C@@H]1CC[C@]2(C)C(C=O)=CCC[C@H]2[C@]1(C)C[C@@H](O)[C@]1([C@H](O)CO)CO1. The zero-order chi connectivity index (χ0) is 18.5. The largest absolute Gasteiger partial charge is 0.394 e. The fourth-order valence-electron chi connectivity index (χ4n) is 5.68. The van der Waals surface area contributed by atoms with E-state index in [0.717, 1.165) is 37.5 Å². The number of aldehydes is 1. The van der Waals surface area contributed by atoms with Gasteiger partial charge in [0.1, 0.15) is 18.0 Å². The molecule has 25 heavy (non-hydrogen) atoms. The van der Waals surface area contributed by atoms with Crippen molar-refractivity contribution in [3.63, 3.8) is 0 Å². The second kappa shape index (κ2) is 6.45. The highest BCUT2D eigenvalue weighted by atomic mass is 16.6. The molecule has 1 saturated carbocycles. The Morgan fingerprint density at radius 1 is 1.32 bits per heavy atom. The average molecular weight is 352 g/mol. The molecule has 5 nitrogen and oxygen atoms in total. The third-order valence-corrected chi connectivity index (χ3v) is 7.81. The highest BCUT2D eigenvalue weighted by Crippen LogP contribution is 2.62. The third kappa shape index (κ3) is 2.80. The maximum atomic E-state index is 11.6. The lowest BCUT2D eigenvalue weighted by Crippen LogP contribution is -2.54. The molecule has 2 fully saturated rings. The van der Waals surface area contributed by atoms with Crippen molar-refractivity contribution in [3.8, 4) is 0 Å². The summed E-state index contributed by atoms with van der Waals surface area (Å²) in [4.78, 5) is 11.6. The van der Waals surface area contributed by atoms with Gasteiger partial charge in [0.2, 0.25) is 0 Å². The van der Waals surface area contributed by atoms with Crippen LogP contribution in [0.5, 0.6) is 0 Å². The Hall–Kier alpha value is -0.750. The summed E-state index contributed by atoms with van der Waals surface area (Å²) >= 11 is 0. The highest BCUT2D eigenvalue weighted by Gasteiger charge is 2.61. The molecule has 0 radical (unpaired) electrons. The first-order chi connectivity index (χ1) is 11.7. The summed E-state index contributed by atoms with van der Waals surface area (Å²) in [6, 6.07) is 0. The molecule has 0 unspecified atom stereocenters. The van der Waals surface area contributed by atoms with Crippen LogP contribution in [0.25, 0.3) is 0 Å². The topological polar surface area (TPSA) is 90.3 Å². The molecule has 0 bridgehead atoms. The number of carbonyl (C=O) groups is 1. The summed E-state index contributed by atoms with van der Waals surface area (Å²) in [5, 5.41) is 30.3. The lowest BCUT2D eigenvalue weighted by molar-refractivity contribution is -0.114. The van der Waals surface area contributed by atoms with Crippen molar-refractivity contribution in [2.75, 3.05) is 13.2 Å². The van der Waals surface area contributed by atoms with Gasteiger partial charge in [0.15, 0.2) is 0 Å². The van der Waals surface area contributed by atoms with Gasteiger partial charge in [0, 0.05) is 0 Å². The van der Waals surface area contributed by atoms with Gasteiger partial charge in [-0.1, -0.05) is 26.8 Å². The maximum absolute atomic E-state index is 11.6. The monoisotopic (exact) mass is 352 g/mol. The van der Waals surface area contributed by atoms with Crippen molar-refractivity contribution in [3.05, 3.63) is 11.6 Å². The molecule has 142 valence electrons. The number of aliphatic hydroxyl groups is 3. The van der Waals surface area contributed by atoms with Crippen LogP contribution in [0.3, 0.4) is 0 Å². The van der Waals surface area contributed by atoms with Crippen molar-refractivity contribution in [2.24, 2.45) is 22.7 Å². The minimum absolute atomic E-state index is 0.145. The van der Waals surface area contributed by atoms with Gasteiger partial charge in [-0.3, -0.25) is 4.79 Å². The normalized spacial score (nSPS) is 45.9. The van der Waals surface area contributed by atoms with Gasteiger partial charge in [0.05, 0.1) is 19.3 Å². The van der Waals surface area contributed by atoms with E-state index < -0.39 is 24.4 Å². The van der Waals surface area contributed by atoms with Crippen LogP contribution in [0.2, 0.25) is 0 Å². The van der Waals surface area contributed by atoms with Crippen molar-refractivity contribution < 1.29 is 24.9 Å². The number of hydrogen-bond donors (Lipinski definition) is 3. The van der Waals surface area contributed by atoms with Gasteiger partial charge in [0.25, 0.3) is 0 Å². The third-order valence-electron chi connectivity index (χ3n) is 7.81. The number of aliphatic hydroxyl groups excluding tert-OH is 3. The first kappa shape index (κ1) is 19.0. The molecule has 1 saturated heterocycles. The lowest BCUT2D eigenvalue weighted by atomic mass is 9.46. The Balaban J connectivity index is 1.88. The molecular weight excluding hydrogens is 320 g/mol. The zero-order valence-electron chi connectivity index (χ0n) is 15.6. The lowest BCUT2D eigenvalue weighted by Gasteiger charge is -2.58. The van der Waals surface area contributed by atoms with Crippen LogP contribution >= 0.6 is 0 Å². The van der Waals surface area contributed by atoms with Crippen molar-refractivity contribution >= 4 is 6.29 Å². The van der Waals surface area contributed by atoms with Crippen LogP contribution in [-0.2, 0) is 9.53 Å². The Kier molecular flexibility index (Phi) is 4.91. The van der Waals surface area contributed by atoms with E-state index in [2.05, 4.69) is 26.8 Å². The number of ether oxygens (including phenoxy) is 1. The summed E-state index contributed by atoms with van der Waals surface area (Å²) in [5.41, 5.74) is -0.412. The summed E-state index contributed by atoms with van der Waals surface area (Å²) in [6.45, 7) is 6.51. The Labute approximate surface area is 150 Å². The quantitative estimate of drug-likeness (QED) is 0.501. The van der Waals surface area contributed by atoms with E-state index in [1.54, 1.807) is 0 Å². The standard InChI is InChI=1S/C20H32O5/c1-13-7-8-18(2)14(10-21)5-4-6-15(18)19(13,3)9-16(23)20(12-25-20)17(24)11-22/h5,10,13,15-17,22-24H,4,6-9,11-12H2,1-3H3/t13-,15-,16-,17-,18-,19-,20+/m1/s1. The summed E-state index contributed by atoms with van der Waals surface area (Å²) in [6.07, 6.45) is 5.64. The predicted molar refractivity (Wildman–Crippen MR) is 93.9 cm³/mol. The molecular formula is C20H32O5. The number of rotatable bonds is 6. The molecule has 5 heteroatoms. The number of fused-ring (bicyclic) bond motifs is 1. The molecule has 3 N–H and O–H groups in total. The van der Waals surface area contributed by atoms with E-state index in [-0.39, 0.29) is 17.4 Å². The van der Waals surface area contributed by atoms with Gasteiger partial charge >= 0.3 is 0 Å². The Morgan fingerprint density at radius 3 is 2.56 bits per heavy atom. The molecule has 1 aliphatic heterocycles. The van der Waals surface area contributed by atoms with Crippen LogP contribution in [0.4, 0.5) is 0 Å². The second-order valence-corrected chi connectivity index (χ2v) is 8.93. The second-order valence-electron chi connectivity index (χ2n) is 8.93. The number of allylic oxidation sites excluding steroid dienone is 2. The van der Waals surface area contributed by atoms with Gasteiger partial charge in [-0.15, -0.1) is 0 Å². The van der Waals surface area contributed by atoms with Crippen molar-refractivity contribution in [1.29, 1.82) is 0 Å². The van der Waals surface area contributed by atoms with E-state index in [0.29, 0.717) is 18.3 Å². The van der Waals surface area contributed by atoms with Crippen molar-refractivity contribution in [2.45, 2.75) is 70.7 Å². The van der Waals surface area contributed by atoms with Crippen LogP contribution in [-0.4, -0.2) is 52.6 Å². The van der Waals surface area contributed by atoms with Gasteiger partial charge in [-0.05, 0) is 60.3 Å². The van der Waals surface area contributed by atoms with E-state index in [1.807, 2.05) is 0 Å². The first-order valence-corrected chi connectivity index (χ1v) is 9.51. The van der Waals surface area contributed by atoms with E-state index in [4.69, 9.17) is 4.74 Å². The zero-order valence-corrected chi connectivity index (χ0v) is 15.6. The molecule has 0 spiro atoms. The number of hydrogen-bond acceptors (Lipinski definition) is 5.